The zero-order chi connectivity index (χ0) is 24.7. The van der Waals surface area contributed by atoms with Gasteiger partial charge in [-0.1, -0.05) is 46.3 Å². The number of rotatable bonds is 8. The Hall–Kier alpha value is -2.49. The van der Waals surface area contributed by atoms with Crippen LogP contribution in [0.4, 0.5) is 5.69 Å². The average Bonchev–Trinajstić information content (AvgIpc) is 3.43. The molecule has 35 heavy (non-hydrogen) atoms. The second-order valence-corrected chi connectivity index (χ2v) is 10.6. The number of alkyl halides is 1. The number of anilines is 1. The first-order valence-corrected chi connectivity index (χ1v) is 13.0. The molecule has 8 nitrogen and oxygen atoms in total. The van der Waals surface area contributed by atoms with Crippen LogP contribution in [0.3, 0.4) is 0 Å². The van der Waals surface area contributed by atoms with Crippen molar-refractivity contribution >= 4 is 50.2 Å². The molecule has 3 heterocycles. The number of unbranched alkanes of at least 4 members (excludes halogenated alkanes) is 1. The first kappa shape index (κ1) is 24.2. The highest BCUT2D eigenvalue weighted by atomic mass is 79.9. The summed E-state index contributed by atoms with van der Waals surface area (Å²) in [5.41, 5.74) is -0.491. The number of nitrogens with one attached hydrogen (secondary N) is 1. The summed E-state index contributed by atoms with van der Waals surface area (Å²) in [6.07, 6.45) is 0.956. The summed E-state index contributed by atoms with van der Waals surface area (Å²) in [5.74, 6) is -2.61. The Labute approximate surface area is 212 Å². The molecule has 3 aliphatic heterocycles. The Bertz CT molecular complexity index is 1160. The van der Waals surface area contributed by atoms with E-state index in [4.69, 9.17) is 9.47 Å². The van der Waals surface area contributed by atoms with Gasteiger partial charge in [0.2, 0.25) is 11.8 Å². The van der Waals surface area contributed by atoms with Crippen LogP contribution in [0, 0.1) is 11.8 Å². The Morgan fingerprint density at radius 2 is 2.00 bits per heavy atom. The van der Waals surface area contributed by atoms with E-state index in [1.54, 1.807) is 11.8 Å². The number of likely N-dealkylation sites (tertiary alicyclic amines) is 1. The summed E-state index contributed by atoms with van der Waals surface area (Å²) in [7, 11) is 0. The minimum atomic E-state index is -1.12. The third-order valence-electron chi connectivity index (χ3n) is 7.42. The summed E-state index contributed by atoms with van der Waals surface area (Å²) in [4.78, 5) is 41.8. The van der Waals surface area contributed by atoms with Gasteiger partial charge in [0.25, 0.3) is 0 Å². The minimum absolute atomic E-state index is 0.00193. The smallest absolute Gasteiger partial charge is 0.312 e. The Morgan fingerprint density at radius 3 is 2.74 bits per heavy atom. The number of amides is 2. The number of fused-ring (bicyclic) bond motifs is 2. The van der Waals surface area contributed by atoms with Gasteiger partial charge in [0, 0.05) is 23.7 Å². The first-order valence-electron chi connectivity index (χ1n) is 12.1. The van der Waals surface area contributed by atoms with Gasteiger partial charge >= 0.3 is 5.97 Å². The SMILES string of the molecule is CCOC(=O)[C@H]1[C@H]2C(=O)N(CCCCO)C(C(=O)Nc3ccc4ccccc4c3)C23CC(Br)[C@@H]1O3. The van der Waals surface area contributed by atoms with Gasteiger partial charge in [0.05, 0.1) is 24.5 Å². The molecule has 3 saturated heterocycles. The largest absolute Gasteiger partial charge is 0.466 e. The van der Waals surface area contributed by atoms with Crippen molar-refractivity contribution in [2.24, 2.45) is 11.8 Å². The number of nitrogens with zero attached hydrogens (tertiary/aromatic N) is 1. The number of aliphatic hydroxyl groups is 1. The highest BCUT2D eigenvalue weighted by Gasteiger charge is 2.76. The first-order chi connectivity index (χ1) is 16.9. The fourth-order valence-electron chi connectivity index (χ4n) is 6.05. The Morgan fingerprint density at radius 1 is 1.23 bits per heavy atom. The van der Waals surface area contributed by atoms with Crippen LogP contribution < -0.4 is 5.32 Å². The van der Waals surface area contributed by atoms with Crippen LogP contribution >= 0.6 is 15.9 Å². The van der Waals surface area contributed by atoms with Crippen LogP contribution in [-0.2, 0) is 23.9 Å². The van der Waals surface area contributed by atoms with Gasteiger partial charge in [-0.2, -0.15) is 0 Å². The predicted octanol–water partition coefficient (Wildman–Crippen LogP) is 2.86. The summed E-state index contributed by atoms with van der Waals surface area (Å²) in [5, 5.41) is 14.3. The topological polar surface area (TPSA) is 105 Å². The average molecular weight is 545 g/mol. The highest BCUT2D eigenvalue weighted by Crippen LogP contribution is 2.60. The van der Waals surface area contributed by atoms with E-state index in [-0.39, 0.29) is 29.9 Å². The zero-order valence-electron chi connectivity index (χ0n) is 19.5. The molecule has 3 unspecified atom stereocenters. The predicted molar refractivity (Wildman–Crippen MR) is 133 cm³/mol. The van der Waals surface area contributed by atoms with Gasteiger partial charge in [-0.25, -0.2) is 0 Å². The molecule has 6 atom stereocenters. The van der Waals surface area contributed by atoms with Crippen molar-refractivity contribution in [1.82, 2.24) is 4.90 Å². The molecule has 0 saturated carbocycles. The van der Waals surface area contributed by atoms with Crippen LogP contribution in [0.5, 0.6) is 0 Å². The molecular formula is C26H29BrN2O6. The quantitative estimate of drug-likeness (QED) is 0.301. The summed E-state index contributed by atoms with van der Waals surface area (Å²) in [6.45, 7) is 2.22. The van der Waals surface area contributed by atoms with Crippen molar-refractivity contribution in [2.45, 2.75) is 48.8 Å². The van der Waals surface area contributed by atoms with Crippen LogP contribution in [0.15, 0.2) is 42.5 Å². The number of carbonyl (C=O) groups excluding carboxylic acids is 3. The van der Waals surface area contributed by atoms with E-state index in [1.165, 1.54) is 0 Å². The number of carbonyl (C=O) groups is 3. The van der Waals surface area contributed by atoms with Gasteiger partial charge in [0.1, 0.15) is 11.6 Å². The third kappa shape index (κ3) is 3.93. The fourth-order valence-corrected chi connectivity index (χ4v) is 6.99. The standard InChI is InChI=1S/C26H29BrN2O6/c1-2-34-25(33)19-20-24(32)29(11-5-6-12-30)22(26(20)14-18(27)21(19)35-26)23(31)28-17-10-9-15-7-3-4-8-16(15)13-17/h3-4,7-10,13,18-22,30H,2,5-6,11-12,14H2,1H3,(H,28,31)/t18?,19-,20-,21-,22?,26?/m0/s1. The number of aliphatic hydroxyl groups excluding tert-OH is 1. The van der Waals surface area contributed by atoms with Gasteiger partial charge < -0.3 is 24.8 Å². The molecule has 3 fully saturated rings. The van der Waals surface area contributed by atoms with Crippen molar-refractivity contribution in [3.8, 4) is 0 Å². The van der Waals surface area contributed by atoms with Gasteiger partial charge in [0.15, 0.2) is 0 Å². The van der Waals surface area contributed by atoms with Crippen molar-refractivity contribution in [3.63, 3.8) is 0 Å². The lowest BCUT2D eigenvalue weighted by molar-refractivity contribution is -0.154. The van der Waals surface area contributed by atoms with Crippen molar-refractivity contribution in [2.75, 3.05) is 25.1 Å². The van der Waals surface area contributed by atoms with E-state index in [2.05, 4.69) is 21.2 Å². The Balaban J connectivity index is 1.49. The normalized spacial score (nSPS) is 31.1. The van der Waals surface area contributed by atoms with Crippen LogP contribution in [-0.4, -0.2) is 70.1 Å². The number of benzene rings is 2. The van der Waals surface area contributed by atoms with Crippen LogP contribution in [0.2, 0.25) is 0 Å². The Kier molecular flexibility index (Phi) is 6.59. The van der Waals surface area contributed by atoms with Crippen molar-refractivity contribution in [3.05, 3.63) is 42.5 Å². The van der Waals surface area contributed by atoms with E-state index in [1.807, 2.05) is 42.5 Å². The molecular weight excluding hydrogens is 516 g/mol. The van der Waals surface area contributed by atoms with E-state index < -0.39 is 35.6 Å². The lowest BCUT2D eigenvalue weighted by Gasteiger charge is -2.34. The molecule has 2 aromatic rings. The van der Waals surface area contributed by atoms with Crippen LogP contribution in [0.1, 0.15) is 26.2 Å². The zero-order valence-corrected chi connectivity index (χ0v) is 21.1. The molecule has 2 amide bonds. The number of esters is 1. The molecule has 0 aromatic heterocycles. The van der Waals surface area contributed by atoms with E-state index in [9.17, 15) is 19.5 Å². The van der Waals surface area contributed by atoms with E-state index >= 15 is 0 Å². The molecule has 2 aromatic carbocycles. The fraction of sp³-hybridized carbons (Fsp3) is 0.500. The molecule has 186 valence electrons. The monoisotopic (exact) mass is 544 g/mol. The molecule has 1 spiro atoms. The van der Waals surface area contributed by atoms with Gasteiger partial charge in [-0.05, 0) is 49.1 Å². The third-order valence-corrected chi connectivity index (χ3v) is 8.27. The molecule has 2 bridgehead atoms. The second kappa shape index (κ2) is 9.52. The van der Waals surface area contributed by atoms with E-state index in [0.717, 1.165) is 10.8 Å². The molecule has 9 heteroatoms. The highest BCUT2D eigenvalue weighted by molar-refractivity contribution is 9.09. The van der Waals surface area contributed by atoms with Crippen LogP contribution in [0.25, 0.3) is 10.8 Å². The lowest BCUT2D eigenvalue weighted by Crippen LogP contribution is -2.54. The molecule has 3 aliphatic rings. The number of hydrogen-bond donors (Lipinski definition) is 2. The minimum Gasteiger partial charge on any atom is -0.466 e. The molecule has 0 aliphatic carbocycles. The van der Waals surface area contributed by atoms with Gasteiger partial charge in [-0.15, -0.1) is 0 Å². The lowest BCUT2D eigenvalue weighted by atomic mass is 9.70. The van der Waals surface area contributed by atoms with E-state index in [0.29, 0.717) is 31.5 Å². The summed E-state index contributed by atoms with van der Waals surface area (Å²) < 4.78 is 11.7. The molecule has 5 rings (SSSR count). The molecule has 2 N–H and O–H groups in total. The van der Waals surface area contributed by atoms with Gasteiger partial charge in [-0.3, -0.25) is 14.4 Å². The maximum atomic E-state index is 13.8. The maximum absolute atomic E-state index is 13.8. The summed E-state index contributed by atoms with van der Waals surface area (Å²) in [6, 6.07) is 12.6. The number of hydrogen-bond acceptors (Lipinski definition) is 6. The summed E-state index contributed by atoms with van der Waals surface area (Å²) >= 11 is 3.63. The van der Waals surface area contributed by atoms with Crippen molar-refractivity contribution in [1.29, 1.82) is 0 Å². The maximum Gasteiger partial charge on any atom is 0.312 e. The number of ether oxygens (including phenoxy) is 2. The van der Waals surface area contributed by atoms with Crippen molar-refractivity contribution < 1.29 is 29.0 Å². The second-order valence-electron chi connectivity index (χ2n) is 9.43. The molecule has 0 radical (unpaired) electrons. The number of halogens is 1.